The molecule has 0 bridgehead atoms. The van der Waals surface area contributed by atoms with Gasteiger partial charge in [-0.3, -0.25) is 9.78 Å². The number of hydrogen-bond acceptors (Lipinski definition) is 3. The molecule has 3 nitrogen and oxygen atoms in total. The van der Waals surface area contributed by atoms with Crippen LogP contribution in [0, 0.1) is 0 Å². The summed E-state index contributed by atoms with van der Waals surface area (Å²) in [5.41, 5.74) is 0.971. The molecule has 0 aliphatic heterocycles. The summed E-state index contributed by atoms with van der Waals surface area (Å²) in [6, 6.07) is 6.73. The third-order valence-corrected chi connectivity index (χ3v) is 3.20. The van der Waals surface area contributed by atoms with Crippen molar-refractivity contribution in [2.75, 3.05) is 5.32 Å². The molecule has 0 spiro atoms. The van der Waals surface area contributed by atoms with Crippen molar-refractivity contribution in [2.45, 2.75) is 4.90 Å². The minimum atomic E-state index is -0.296. The molecule has 1 aromatic carbocycles. The minimum Gasteiger partial charge on any atom is -0.321 e. The molecular weight excluding hydrogens is 336 g/mol. The Hall–Kier alpha value is -1.04. The van der Waals surface area contributed by atoms with E-state index in [-0.39, 0.29) is 5.91 Å². The van der Waals surface area contributed by atoms with Crippen LogP contribution in [0.1, 0.15) is 10.4 Å². The van der Waals surface area contributed by atoms with Gasteiger partial charge in [0.05, 0.1) is 22.5 Å². The van der Waals surface area contributed by atoms with E-state index in [1.54, 1.807) is 36.7 Å². The molecule has 6 heteroatoms. The van der Waals surface area contributed by atoms with Gasteiger partial charge in [-0.2, -0.15) is 0 Å². The van der Waals surface area contributed by atoms with Gasteiger partial charge in [-0.1, -0.05) is 11.6 Å². The predicted octanol–water partition coefficient (Wildman–Crippen LogP) is 4.04. The molecule has 0 unspecified atom stereocenters. The van der Waals surface area contributed by atoms with E-state index in [0.717, 1.165) is 4.47 Å². The van der Waals surface area contributed by atoms with Gasteiger partial charge in [0.2, 0.25) is 0 Å². The summed E-state index contributed by atoms with van der Waals surface area (Å²) in [5.74, 6) is -0.296. The van der Waals surface area contributed by atoms with Crippen LogP contribution in [0.5, 0.6) is 0 Å². The van der Waals surface area contributed by atoms with E-state index in [1.807, 2.05) is 0 Å². The molecule has 1 heterocycles. The second-order valence-electron chi connectivity index (χ2n) is 3.51. The molecule has 0 saturated heterocycles. The van der Waals surface area contributed by atoms with E-state index in [4.69, 9.17) is 11.6 Å². The minimum absolute atomic E-state index is 0.296. The molecule has 0 aliphatic rings. The van der Waals surface area contributed by atoms with Crippen LogP contribution in [0.15, 0.2) is 46.0 Å². The first-order valence-electron chi connectivity index (χ1n) is 4.96. The zero-order valence-electron chi connectivity index (χ0n) is 9.02. The topological polar surface area (TPSA) is 42.0 Å². The maximum absolute atomic E-state index is 12.0. The van der Waals surface area contributed by atoms with E-state index in [1.165, 1.54) is 0 Å². The molecule has 0 saturated carbocycles. The number of halogens is 2. The van der Waals surface area contributed by atoms with Crippen LogP contribution >= 0.6 is 40.2 Å². The Labute approximate surface area is 123 Å². The summed E-state index contributed by atoms with van der Waals surface area (Å²) in [5, 5.41) is 3.10. The number of pyridine rings is 1. The van der Waals surface area contributed by atoms with Gasteiger partial charge in [0.1, 0.15) is 0 Å². The first kappa shape index (κ1) is 13.4. The van der Waals surface area contributed by atoms with Crippen molar-refractivity contribution in [1.29, 1.82) is 0 Å². The normalized spacial score (nSPS) is 10.2. The standard InChI is InChI=1S/C12H8BrClN2OS/c13-7-3-8(6-15-5-7)16-12(17)10-4-9(18)1-2-11(10)14/h1-6,18H,(H,16,17). The van der Waals surface area contributed by atoms with E-state index in [2.05, 4.69) is 38.9 Å². The average Bonchev–Trinajstić information content (AvgIpc) is 2.32. The molecule has 0 fully saturated rings. The fourth-order valence-corrected chi connectivity index (χ4v) is 2.14. The Morgan fingerprint density at radius 2 is 2.11 bits per heavy atom. The van der Waals surface area contributed by atoms with Gasteiger partial charge in [0.15, 0.2) is 0 Å². The zero-order valence-corrected chi connectivity index (χ0v) is 12.3. The average molecular weight is 344 g/mol. The fourth-order valence-electron chi connectivity index (χ4n) is 1.37. The molecule has 2 rings (SSSR count). The molecule has 1 N–H and O–H groups in total. The summed E-state index contributed by atoms with van der Waals surface area (Å²) >= 11 is 13.4. The molecule has 0 aliphatic carbocycles. The maximum atomic E-state index is 12.0. The Balaban J connectivity index is 2.24. The third-order valence-electron chi connectivity index (χ3n) is 2.16. The molecule has 0 atom stereocenters. The lowest BCUT2D eigenvalue weighted by molar-refractivity contribution is 0.102. The second-order valence-corrected chi connectivity index (χ2v) is 5.35. The summed E-state index contributed by atoms with van der Waals surface area (Å²) < 4.78 is 0.786. The summed E-state index contributed by atoms with van der Waals surface area (Å²) in [4.78, 5) is 16.7. The molecule has 0 radical (unpaired) electrons. The Kier molecular flexibility index (Phi) is 4.27. The smallest absolute Gasteiger partial charge is 0.257 e. The monoisotopic (exact) mass is 342 g/mol. The van der Waals surface area contributed by atoms with E-state index < -0.39 is 0 Å². The van der Waals surface area contributed by atoms with Crippen molar-refractivity contribution in [1.82, 2.24) is 4.98 Å². The first-order chi connectivity index (χ1) is 8.56. The number of benzene rings is 1. The highest BCUT2D eigenvalue weighted by molar-refractivity contribution is 9.10. The van der Waals surface area contributed by atoms with Crippen LogP contribution in [0.2, 0.25) is 5.02 Å². The Morgan fingerprint density at radius 1 is 1.33 bits per heavy atom. The number of rotatable bonds is 2. The Bertz CT molecular complexity index is 606. The summed E-state index contributed by atoms with van der Waals surface area (Å²) in [6.45, 7) is 0. The highest BCUT2D eigenvalue weighted by Gasteiger charge is 2.11. The molecule has 92 valence electrons. The summed E-state index contributed by atoms with van der Waals surface area (Å²) in [7, 11) is 0. The van der Waals surface area contributed by atoms with E-state index >= 15 is 0 Å². The third kappa shape index (κ3) is 3.25. The van der Waals surface area contributed by atoms with Gasteiger partial charge in [-0.15, -0.1) is 12.6 Å². The highest BCUT2D eigenvalue weighted by Crippen LogP contribution is 2.21. The lowest BCUT2D eigenvalue weighted by atomic mass is 10.2. The molecule has 1 aromatic heterocycles. The first-order valence-corrected chi connectivity index (χ1v) is 6.58. The van der Waals surface area contributed by atoms with Crippen LogP contribution in [0.25, 0.3) is 0 Å². The summed E-state index contributed by atoms with van der Waals surface area (Å²) in [6.07, 6.45) is 3.19. The lowest BCUT2D eigenvalue weighted by Gasteiger charge is -2.07. The predicted molar refractivity (Wildman–Crippen MR) is 78.6 cm³/mol. The number of aromatic nitrogens is 1. The Morgan fingerprint density at radius 3 is 2.83 bits per heavy atom. The van der Waals surface area contributed by atoms with Gasteiger partial charge >= 0.3 is 0 Å². The number of thiol groups is 1. The van der Waals surface area contributed by atoms with Gasteiger partial charge in [0, 0.05) is 15.6 Å². The van der Waals surface area contributed by atoms with Gasteiger partial charge in [-0.25, -0.2) is 0 Å². The van der Waals surface area contributed by atoms with E-state index in [0.29, 0.717) is 21.2 Å². The molecule has 18 heavy (non-hydrogen) atoms. The van der Waals surface area contributed by atoms with Crippen molar-refractivity contribution < 1.29 is 4.79 Å². The van der Waals surface area contributed by atoms with Gasteiger partial charge in [-0.05, 0) is 40.2 Å². The number of carbonyl (C=O) groups is 1. The van der Waals surface area contributed by atoms with Gasteiger partial charge in [0.25, 0.3) is 5.91 Å². The van der Waals surface area contributed by atoms with Crippen molar-refractivity contribution >= 4 is 51.8 Å². The van der Waals surface area contributed by atoms with Crippen LogP contribution in [-0.2, 0) is 0 Å². The quantitative estimate of drug-likeness (QED) is 0.808. The number of nitrogens with zero attached hydrogens (tertiary/aromatic N) is 1. The number of carbonyl (C=O) groups excluding carboxylic acids is 1. The van der Waals surface area contributed by atoms with Gasteiger partial charge < -0.3 is 5.32 Å². The van der Waals surface area contributed by atoms with Crippen molar-refractivity contribution in [2.24, 2.45) is 0 Å². The fraction of sp³-hybridized carbons (Fsp3) is 0. The van der Waals surface area contributed by atoms with Crippen LogP contribution < -0.4 is 5.32 Å². The molecular formula is C12H8BrClN2OS. The zero-order chi connectivity index (χ0) is 13.1. The van der Waals surface area contributed by atoms with Crippen LogP contribution in [0.4, 0.5) is 5.69 Å². The van der Waals surface area contributed by atoms with Crippen LogP contribution in [-0.4, -0.2) is 10.9 Å². The SMILES string of the molecule is O=C(Nc1cncc(Br)c1)c1cc(S)ccc1Cl. The molecule has 2 aromatic rings. The van der Waals surface area contributed by atoms with Crippen molar-refractivity contribution in [3.05, 3.63) is 51.7 Å². The largest absolute Gasteiger partial charge is 0.321 e. The second kappa shape index (κ2) is 5.73. The number of anilines is 1. The number of nitrogens with one attached hydrogen (secondary N) is 1. The van der Waals surface area contributed by atoms with Crippen molar-refractivity contribution in [3.8, 4) is 0 Å². The highest BCUT2D eigenvalue weighted by atomic mass is 79.9. The molecule has 1 amide bonds. The maximum Gasteiger partial charge on any atom is 0.257 e. The van der Waals surface area contributed by atoms with Crippen molar-refractivity contribution in [3.63, 3.8) is 0 Å². The number of hydrogen-bond donors (Lipinski definition) is 2. The lowest BCUT2D eigenvalue weighted by Crippen LogP contribution is -2.12. The van der Waals surface area contributed by atoms with E-state index in [9.17, 15) is 4.79 Å². The number of amides is 1. The van der Waals surface area contributed by atoms with Crippen LogP contribution in [0.3, 0.4) is 0 Å².